The van der Waals surface area contributed by atoms with E-state index in [4.69, 9.17) is 5.11 Å². The summed E-state index contributed by atoms with van der Waals surface area (Å²) in [5.41, 5.74) is 0.0368. The zero-order chi connectivity index (χ0) is 5.70. The van der Waals surface area contributed by atoms with Crippen molar-refractivity contribution in [2.45, 2.75) is 18.6 Å². The van der Waals surface area contributed by atoms with E-state index < -0.39 is 0 Å². The number of aliphatic hydroxyl groups excluding tert-OH is 1. The number of aliphatic hydroxyl groups is 1. The number of hydrogen-bond donors (Lipinski definition) is 1. The van der Waals surface area contributed by atoms with E-state index in [0.29, 0.717) is 0 Å². The lowest BCUT2D eigenvalue weighted by Crippen LogP contribution is -2.04. The van der Waals surface area contributed by atoms with E-state index >= 15 is 0 Å². The maximum absolute atomic E-state index is 8.74. The molecule has 1 atom stereocenters. The van der Waals surface area contributed by atoms with Crippen LogP contribution in [0.3, 0.4) is 0 Å². The van der Waals surface area contributed by atoms with Gasteiger partial charge in [0.1, 0.15) is 0 Å². The number of alkyl halides is 1. The second kappa shape index (κ2) is 5.05. The molecule has 0 saturated heterocycles. The molecule has 0 aromatic carbocycles. The third-order valence-electron chi connectivity index (χ3n) is 0.756. The fraction of sp³-hybridized carbons (Fsp3) is 1.00. The highest BCUT2D eigenvalue weighted by molar-refractivity contribution is 14.1. The van der Waals surface area contributed by atoms with Crippen LogP contribution in [0.4, 0.5) is 0 Å². The quantitative estimate of drug-likeness (QED) is 0.407. The molecule has 0 radical (unpaired) electrons. The molecule has 7 heavy (non-hydrogen) atoms. The highest BCUT2D eigenvalue weighted by atomic mass is 127. The van der Waals surface area contributed by atoms with Crippen molar-refractivity contribution in [2.75, 3.05) is 4.43 Å². The summed E-state index contributed by atoms with van der Waals surface area (Å²) < 4.78 is 1.18. The minimum absolute atomic E-state index is 0.0368. The molecule has 1 nitrogen and oxygen atoms in total. The van der Waals surface area contributed by atoms with Crippen molar-refractivity contribution in [3.05, 3.63) is 0 Å². The predicted molar refractivity (Wildman–Crippen MR) is 44.1 cm³/mol. The average Bonchev–Trinajstić information content (AvgIpc) is 1.61. The van der Waals surface area contributed by atoms with Crippen LogP contribution in [0.1, 0.15) is 12.8 Å². The minimum Gasteiger partial charge on any atom is -0.398 e. The van der Waals surface area contributed by atoms with Crippen molar-refractivity contribution in [2.24, 2.45) is 0 Å². The fourth-order valence-electron chi connectivity index (χ4n) is 0.373. The third kappa shape index (κ3) is 6.91. The van der Waals surface area contributed by atoms with Gasteiger partial charge in [0.2, 0.25) is 0 Å². The largest absolute Gasteiger partial charge is 0.398 e. The van der Waals surface area contributed by atoms with E-state index in [2.05, 4.69) is 22.6 Å². The number of hydrogen-bond acceptors (Lipinski definition) is 1. The van der Waals surface area contributed by atoms with Gasteiger partial charge in [-0.15, -0.1) is 0 Å². The van der Waals surface area contributed by atoms with Gasteiger partial charge in [0, 0.05) is 16.0 Å². The first-order valence-corrected chi connectivity index (χ1v) is 5.19. The highest BCUT2D eigenvalue weighted by Crippen LogP contribution is 1.95. The second-order valence-corrected chi connectivity index (χ2v) is 4.09. The van der Waals surface area contributed by atoms with Gasteiger partial charge in [-0.05, 0) is 17.3 Å². The van der Waals surface area contributed by atoms with Crippen LogP contribution in [-0.2, 0) is 0 Å². The lowest BCUT2D eigenvalue weighted by atomic mass is 10.4. The van der Waals surface area contributed by atoms with Crippen LogP contribution < -0.4 is 0 Å². The molecule has 0 aliphatic rings. The summed E-state index contributed by atoms with van der Waals surface area (Å²) in [4.78, 5) is 0. The molecule has 0 aliphatic heterocycles. The van der Waals surface area contributed by atoms with Gasteiger partial charge >= 0.3 is 0 Å². The molecule has 0 heterocycles. The van der Waals surface area contributed by atoms with Crippen LogP contribution >= 0.6 is 22.6 Å². The molecular weight excluding hydrogens is 219 g/mol. The summed E-state index contributed by atoms with van der Waals surface area (Å²) in [6.07, 6.45) is 2.18. The average molecular weight is 230 g/mol. The Bertz CT molecular complexity index is 40.7. The van der Waals surface area contributed by atoms with Crippen LogP contribution in [0, 0.1) is 0 Å². The van der Waals surface area contributed by atoms with E-state index in [0.717, 1.165) is 16.7 Å². The van der Waals surface area contributed by atoms with Crippen molar-refractivity contribution in [3.8, 4) is 0 Å². The van der Waals surface area contributed by atoms with E-state index in [1.165, 1.54) is 10.8 Å². The summed E-state index contributed by atoms with van der Waals surface area (Å²) in [5.74, 6) is 0. The Labute approximate surface area is 61.1 Å². The summed E-state index contributed by atoms with van der Waals surface area (Å²) in [5, 5.41) is 8.74. The summed E-state index contributed by atoms with van der Waals surface area (Å²) in [6.45, 7) is 0. The summed E-state index contributed by atoms with van der Waals surface area (Å²) >= 11 is 2.33. The Hall–Kier alpha value is 0.907. The van der Waals surface area contributed by atoms with E-state index in [1.807, 2.05) is 0 Å². The van der Waals surface area contributed by atoms with Crippen molar-refractivity contribution in [3.63, 3.8) is 0 Å². The van der Waals surface area contributed by atoms with Crippen molar-refractivity contribution in [1.29, 1.82) is 0 Å². The Morgan fingerprint density at radius 2 is 2.29 bits per heavy atom. The van der Waals surface area contributed by atoms with Gasteiger partial charge < -0.3 is 5.11 Å². The molecule has 1 N–H and O–H groups in total. The molecule has 0 aromatic rings. The molecule has 0 aromatic heterocycles. The predicted octanol–water partition coefficient (Wildman–Crippen LogP) is -0.115. The minimum atomic E-state index is 0.0368. The Morgan fingerprint density at radius 3 is 2.43 bits per heavy atom. The standard InChI is InChI=1S/C4H11IOSi/c5-3-1-2-4(6)7/h4,6H,1-3H2,7H3. The molecule has 3 heteroatoms. The van der Waals surface area contributed by atoms with Crippen molar-refractivity contribution >= 4 is 32.8 Å². The Kier molecular flexibility index (Phi) is 5.71. The maximum atomic E-state index is 8.74. The molecular formula is C4H11IOSi. The van der Waals surface area contributed by atoms with Crippen LogP contribution in [0.15, 0.2) is 0 Å². The monoisotopic (exact) mass is 230 g/mol. The first-order chi connectivity index (χ1) is 3.27. The Balaban J connectivity index is 2.68. The van der Waals surface area contributed by atoms with Gasteiger partial charge in [-0.25, -0.2) is 0 Å². The molecule has 0 fully saturated rings. The summed E-state index contributed by atoms with van der Waals surface area (Å²) in [7, 11) is 0.935. The molecule has 0 aliphatic carbocycles. The van der Waals surface area contributed by atoms with E-state index in [1.54, 1.807) is 0 Å². The van der Waals surface area contributed by atoms with Gasteiger partial charge in [0.05, 0.1) is 0 Å². The van der Waals surface area contributed by atoms with Crippen LogP contribution in [-0.4, -0.2) is 25.5 Å². The van der Waals surface area contributed by atoms with Gasteiger partial charge in [0.25, 0.3) is 0 Å². The Morgan fingerprint density at radius 1 is 1.71 bits per heavy atom. The number of halogens is 1. The van der Waals surface area contributed by atoms with Crippen LogP contribution in [0.2, 0.25) is 0 Å². The third-order valence-corrected chi connectivity index (χ3v) is 2.10. The van der Waals surface area contributed by atoms with Gasteiger partial charge in [-0.1, -0.05) is 22.6 Å². The first kappa shape index (κ1) is 7.91. The summed E-state index contributed by atoms with van der Waals surface area (Å²) in [6, 6.07) is 0. The maximum Gasteiger partial charge on any atom is 0.0389 e. The van der Waals surface area contributed by atoms with E-state index in [-0.39, 0.29) is 5.73 Å². The molecule has 0 amide bonds. The molecule has 0 saturated carbocycles. The van der Waals surface area contributed by atoms with Crippen molar-refractivity contribution < 1.29 is 5.11 Å². The zero-order valence-electron chi connectivity index (χ0n) is 4.52. The van der Waals surface area contributed by atoms with Crippen molar-refractivity contribution in [1.82, 2.24) is 0 Å². The normalized spacial score (nSPS) is 14.6. The number of rotatable bonds is 3. The molecule has 0 spiro atoms. The fourth-order valence-corrected chi connectivity index (χ4v) is 1.22. The first-order valence-electron chi connectivity index (χ1n) is 2.51. The lowest BCUT2D eigenvalue weighted by Gasteiger charge is -1.97. The SMILES string of the molecule is OC([SiH3])CCCI. The second-order valence-electron chi connectivity index (χ2n) is 1.68. The van der Waals surface area contributed by atoms with Gasteiger partial charge in [-0.3, -0.25) is 0 Å². The molecule has 1 unspecified atom stereocenters. The molecule has 0 rings (SSSR count). The van der Waals surface area contributed by atoms with Crippen LogP contribution in [0.5, 0.6) is 0 Å². The highest BCUT2D eigenvalue weighted by Gasteiger charge is 1.90. The van der Waals surface area contributed by atoms with Crippen LogP contribution in [0.25, 0.3) is 0 Å². The molecule has 44 valence electrons. The van der Waals surface area contributed by atoms with Gasteiger partial charge in [0.15, 0.2) is 0 Å². The topological polar surface area (TPSA) is 20.2 Å². The molecule has 0 bridgehead atoms. The zero-order valence-corrected chi connectivity index (χ0v) is 8.68. The lowest BCUT2D eigenvalue weighted by molar-refractivity contribution is 0.244. The van der Waals surface area contributed by atoms with E-state index in [9.17, 15) is 0 Å². The smallest absolute Gasteiger partial charge is 0.0389 e. The van der Waals surface area contributed by atoms with Gasteiger partial charge in [-0.2, -0.15) is 0 Å².